The van der Waals surface area contributed by atoms with Crippen molar-refractivity contribution in [3.05, 3.63) is 0 Å². The summed E-state index contributed by atoms with van der Waals surface area (Å²) in [6, 6.07) is 0.468. The van der Waals surface area contributed by atoms with Gasteiger partial charge in [-0.15, -0.1) is 0 Å². The van der Waals surface area contributed by atoms with Gasteiger partial charge in [-0.3, -0.25) is 4.79 Å². The first-order chi connectivity index (χ1) is 7.22. The number of likely N-dealkylation sites (N-methyl/N-ethyl adjacent to an activating group) is 1. The molecule has 0 bridgehead atoms. The summed E-state index contributed by atoms with van der Waals surface area (Å²) in [7, 11) is 1.87. The molecule has 0 aromatic heterocycles. The molecule has 1 aliphatic rings. The minimum absolute atomic E-state index is 0.0319. The summed E-state index contributed by atoms with van der Waals surface area (Å²) < 4.78 is 5.31. The van der Waals surface area contributed by atoms with Gasteiger partial charge in [0.25, 0.3) is 0 Å². The van der Waals surface area contributed by atoms with Crippen LogP contribution in [0.4, 0.5) is 0 Å². The predicted octanol–water partition coefficient (Wildman–Crippen LogP) is 0.526. The van der Waals surface area contributed by atoms with E-state index < -0.39 is 0 Å². The van der Waals surface area contributed by atoms with Crippen molar-refractivity contribution in [2.75, 3.05) is 20.3 Å². The molecule has 15 heavy (non-hydrogen) atoms. The van der Waals surface area contributed by atoms with Crippen LogP contribution >= 0.6 is 0 Å². The lowest BCUT2D eigenvalue weighted by atomic mass is 10.0. The van der Waals surface area contributed by atoms with Gasteiger partial charge in [-0.05, 0) is 19.9 Å². The smallest absolute Gasteiger partial charge is 0.227 e. The van der Waals surface area contributed by atoms with E-state index >= 15 is 0 Å². The fraction of sp³-hybridized carbons (Fsp3) is 0.909. The molecule has 4 nitrogen and oxygen atoms in total. The summed E-state index contributed by atoms with van der Waals surface area (Å²) in [4.78, 5) is 11.9. The summed E-state index contributed by atoms with van der Waals surface area (Å²) in [5.74, 6) is 0.0937. The van der Waals surface area contributed by atoms with Crippen LogP contribution in [0.2, 0.25) is 0 Å². The predicted molar refractivity (Wildman–Crippen MR) is 59.7 cm³/mol. The van der Waals surface area contributed by atoms with E-state index in [9.17, 15) is 4.79 Å². The van der Waals surface area contributed by atoms with E-state index in [1.807, 2.05) is 7.05 Å². The third-order valence-corrected chi connectivity index (χ3v) is 3.12. The van der Waals surface area contributed by atoms with Gasteiger partial charge < -0.3 is 15.4 Å². The van der Waals surface area contributed by atoms with Gasteiger partial charge >= 0.3 is 0 Å². The summed E-state index contributed by atoms with van der Waals surface area (Å²) in [6.45, 7) is 5.36. The van der Waals surface area contributed by atoms with Gasteiger partial charge in [-0.25, -0.2) is 0 Å². The maximum atomic E-state index is 11.9. The second kappa shape index (κ2) is 6.08. The summed E-state index contributed by atoms with van der Waals surface area (Å²) in [6.07, 6.45) is 1.97. The molecular formula is C11H22N2O2. The Labute approximate surface area is 91.8 Å². The molecule has 1 saturated heterocycles. The van der Waals surface area contributed by atoms with Crippen molar-refractivity contribution >= 4 is 5.91 Å². The van der Waals surface area contributed by atoms with Crippen LogP contribution in [-0.2, 0) is 9.53 Å². The Morgan fingerprint density at radius 3 is 2.60 bits per heavy atom. The molecule has 0 aliphatic carbocycles. The zero-order valence-corrected chi connectivity index (χ0v) is 9.88. The van der Waals surface area contributed by atoms with E-state index in [0.29, 0.717) is 19.3 Å². The standard InChI is InChI=1S/C11H22N2O2/c1-4-8(5-2)13-11(14)9-6-15-7-10(9)12-3/h8-10,12H,4-7H2,1-3H3,(H,13,14). The molecule has 0 spiro atoms. The third-order valence-electron chi connectivity index (χ3n) is 3.12. The van der Waals surface area contributed by atoms with Crippen molar-refractivity contribution < 1.29 is 9.53 Å². The van der Waals surface area contributed by atoms with Gasteiger partial charge in [-0.1, -0.05) is 13.8 Å². The van der Waals surface area contributed by atoms with E-state index in [0.717, 1.165) is 12.8 Å². The number of hydrogen-bond acceptors (Lipinski definition) is 3. The average Bonchev–Trinajstić information content (AvgIpc) is 2.73. The fourth-order valence-corrected chi connectivity index (χ4v) is 1.90. The van der Waals surface area contributed by atoms with Gasteiger partial charge in [0.15, 0.2) is 0 Å². The van der Waals surface area contributed by atoms with Crippen molar-refractivity contribution in [1.82, 2.24) is 10.6 Å². The van der Waals surface area contributed by atoms with Crippen molar-refractivity contribution in [2.45, 2.75) is 38.8 Å². The monoisotopic (exact) mass is 214 g/mol. The lowest BCUT2D eigenvalue weighted by molar-refractivity contribution is -0.126. The topological polar surface area (TPSA) is 50.4 Å². The first kappa shape index (κ1) is 12.5. The molecule has 1 amide bonds. The highest BCUT2D eigenvalue weighted by atomic mass is 16.5. The van der Waals surface area contributed by atoms with Crippen molar-refractivity contribution in [1.29, 1.82) is 0 Å². The quantitative estimate of drug-likeness (QED) is 0.701. The van der Waals surface area contributed by atoms with Crippen LogP contribution in [0.25, 0.3) is 0 Å². The summed E-state index contributed by atoms with van der Waals surface area (Å²) >= 11 is 0. The van der Waals surface area contributed by atoms with E-state index in [1.165, 1.54) is 0 Å². The maximum absolute atomic E-state index is 11.9. The van der Waals surface area contributed by atoms with Crippen LogP contribution in [0, 0.1) is 5.92 Å². The number of hydrogen-bond donors (Lipinski definition) is 2. The molecule has 1 fully saturated rings. The molecule has 1 heterocycles. The van der Waals surface area contributed by atoms with Gasteiger partial charge in [0.2, 0.25) is 5.91 Å². The summed E-state index contributed by atoms with van der Waals surface area (Å²) in [5, 5.41) is 6.18. The highest BCUT2D eigenvalue weighted by Gasteiger charge is 2.33. The van der Waals surface area contributed by atoms with E-state index in [1.54, 1.807) is 0 Å². The van der Waals surface area contributed by atoms with Crippen molar-refractivity contribution in [3.63, 3.8) is 0 Å². The van der Waals surface area contributed by atoms with Crippen molar-refractivity contribution in [2.24, 2.45) is 5.92 Å². The third kappa shape index (κ3) is 3.18. The molecule has 88 valence electrons. The Hall–Kier alpha value is -0.610. The molecule has 0 aromatic carbocycles. The van der Waals surface area contributed by atoms with Crippen LogP contribution in [-0.4, -0.2) is 38.3 Å². The summed E-state index contributed by atoms with van der Waals surface area (Å²) in [5.41, 5.74) is 0. The number of carbonyl (C=O) groups excluding carboxylic acids is 1. The number of ether oxygens (including phenoxy) is 1. The Kier molecular flexibility index (Phi) is 5.05. The molecule has 2 N–H and O–H groups in total. The number of amides is 1. The fourth-order valence-electron chi connectivity index (χ4n) is 1.90. The molecule has 0 aromatic rings. The van der Waals surface area contributed by atoms with E-state index in [-0.39, 0.29) is 17.9 Å². The molecule has 1 aliphatic heterocycles. The first-order valence-corrected chi connectivity index (χ1v) is 5.78. The van der Waals surface area contributed by atoms with Gasteiger partial charge in [-0.2, -0.15) is 0 Å². The maximum Gasteiger partial charge on any atom is 0.227 e. The Balaban J connectivity index is 2.45. The second-order valence-electron chi connectivity index (χ2n) is 4.06. The van der Waals surface area contributed by atoms with E-state index in [4.69, 9.17) is 4.74 Å². The van der Waals surface area contributed by atoms with Gasteiger partial charge in [0, 0.05) is 12.1 Å². The molecular weight excluding hydrogens is 192 g/mol. The molecule has 2 atom stereocenters. The second-order valence-corrected chi connectivity index (χ2v) is 4.06. The first-order valence-electron chi connectivity index (χ1n) is 5.78. The minimum Gasteiger partial charge on any atom is -0.379 e. The molecule has 0 saturated carbocycles. The largest absolute Gasteiger partial charge is 0.379 e. The Morgan fingerprint density at radius 2 is 2.07 bits per heavy atom. The van der Waals surface area contributed by atoms with Crippen LogP contribution in [0.15, 0.2) is 0 Å². The van der Waals surface area contributed by atoms with Gasteiger partial charge in [0.05, 0.1) is 19.1 Å². The Morgan fingerprint density at radius 1 is 1.40 bits per heavy atom. The highest BCUT2D eigenvalue weighted by molar-refractivity contribution is 5.80. The molecule has 4 heteroatoms. The minimum atomic E-state index is -0.0319. The lowest BCUT2D eigenvalue weighted by Crippen LogP contribution is -2.45. The number of nitrogens with one attached hydrogen (secondary N) is 2. The average molecular weight is 214 g/mol. The molecule has 1 rings (SSSR count). The Bertz CT molecular complexity index is 205. The van der Waals surface area contributed by atoms with Crippen LogP contribution < -0.4 is 10.6 Å². The van der Waals surface area contributed by atoms with E-state index in [2.05, 4.69) is 24.5 Å². The van der Waals surface area contributed by atoms with Crippen molar-refractivity contribution in [3.8, 4) is 0 Å². The number of rotatable bonds is 5. The zero-order chi connectivity index (χ0) is 11.3. The van der Waals surface area contributed by atoms with Gasteiger partial charge in [0.1, 0.15) is 0 Å². The SMILES string of the molecule is CCC(CC)NC(=O)C1COCC1NC. The zero-order valence-electron chi connectivity index (χ0n) is 9.88. The normalized spacial score (nSPS) is 25.9. The lowest BCUT2D eigenvalue weighted by Gasteiger charge is -2.20. The number of carbonyl (C=O) groups is 1. The van der Waals surface area contributed by atoms with Crippen LogP contribution in [0.3, 0.4) is 0 Å². The van der Waals surface area contributed by atoms with Crippen LogP contribution in [0.1, 0.15) is 26.7 Å². The highest BCUT2D eigenvalue weighted by Crippen LogP contribution is 2.14. The van der Waals surface area contributed by atoms with Crippen LogP contribution in [0.5, 0.6) is 0 Å². The molecule has 2 unspecified atom stereocenters. The molecule has 0 radical (unpaired) electrons.